The molecule has 0 rings (SSSR count). The smallest absolute Gasteiger partial charge is 0.338 e. The van der Waals surface area contributed by atoms with Crippen molar-refractivity contribution >= 4 is 34.5 Å². The van der Waals surface area contributed by atoms with Gasteiger partial charge < -0.3 is 15.2 Å². The van der Waals surface area contributed by atoms with Gasteiger partial charge in [-0.05, 0) is 6.42 Å². The third-order valence-electron chi connectivity index (χ3n) is 1.86. The monoisotopic (exact) mass is 329 g/mol. The molecular weight excluding hydrogens is 313 g/mol. The van der Waals surface area contributed by atoms with E-state index in [2.05, 4.69) is 4.74 Å². The Balaban J connectivity index is 4.38. The molecule has 0 aromatic heterocycles. The number of halogens is 1. The Kier molecular flexibility index (Phi) is 6.82. The molecule has 0 spiro atoms. The molecule has 1 unspecified atom stereocenters. The minimum absolute atomic E-state index is 0.127. The van der Waals surface area contributed by atoms with Gasteiger partial charge in [0, 0.05) is 4.43 Å². The number of ether oxygens (including phenoxy) is 2. The zero-order valence-electron chi connectivity index (χ0n) is 8.92. The molecule has 0 radical (unpaired) electrons. The van der Waals surface area contributed by atoms with E-state index in [1.165, 1.54) is 7.11 Å². The van der Waals surface area contributed by atoms with Crippen LogP contribution in [0, 0.1) is 0 Å². The first kappa shape index (κ1) is 14.6. The Labute approximate surface area is 103 Å². The van der Waals surface area contributed by atoms with Gasteiger partial charge in [-0.2, -0.15) is 0 Å². The molecule has 0 aliphatic rings. The standard InChI is InChI=1S/C9H16INO4/c1-3-4-5-15-8(13)9(11,6-10)7(12)14-2/h3-6,11H2,1-2H3. The summed E-state index contributed by atoms with van der Waals surface area (Å²) in [5, 5.41) is 0. The van der Waals surface area contributed by atoms with Gasteiger partial charge in [0.1, 0.15) is 0 Å². The van der Waals surface area contributed by atoms with Crippen LogP contribution in [-0.4, -0.2) is 35.6 Å². The molecule has 0 aliphatic heterocycles. The highest BCUT2D eigenvalue weighted by Crippen LogP contribution is 2.11. The normalized spacial score (nSPS) is 14.1. The highest BCUT2D eigenvalue weighted by Gasteiger charge is 2.44. The molecule has 0 aliphatic carbocycles. The van der Waals surface area contributed by atoms with Crippen molar-refractivity contribution in [3.05, 3.63) is 0 Å². The number of alkyl halides is 1. The van der Waals surface area contributed by atoms with Gasteiger partial charge >= 0.3 is 11.9 Å². The van der Waals surface area contributed by atoms with Crippen LogP contribution in [0.4, 0.5) is 0 Å². The summed E-state index contributed by atoms with van der Waals surface area (Å²) in [6.07, 6.45) is 1.66. The molecule has 0 bridgehead atoms. The van der Waals surface area contributed by atoms with Crippen molar-refractivity contribution in [2.75, 3.05) is 18.1 Å². The van der Waals surface area contributed by atoms with Gasteiger partial charge in [0.05, 0.1) is 13.7 Å². The summed E-state index contributed by atoms with van der Waals surface area (Å²) < 4.78 is 9.48. The van der Waals surface area contributed by atoms with Crippen LogP contribution in [0.3, 0.4) is 0 Å². The van der Waals surface area contributed by atoms with E-state index >= 15 is 0 Å². The quantitative estimate of drug-likeness (QED) is 0.254. The number of methoxy groups -OCH3 is 1. The zero-order chi connectivity index (χ0) is 11.9. The van der Waals surface area contributed by atoms with Gasteiger partial charge in [-0.15, -0.1) is 0 Å². The number of carbonyl (C=O) groups excluding carboxylic acids is 2. The van der Waals surface area contributed by atoms with Gasteiger partial charge in [-0.1, -0.05) is 35.9 Å². The molecule has 0 amide bonds. The highest BCUT2D eigenvalue weighted by atomic mass is 127. The van der Waals surface area contributed by atoms with E-state index in [1.54, 1.807) is 0 Å². The minimum Gasteiger partial charge on any atom is -0.467 e. The maximum Gasteiger partial charge on any atom is 0.338 e. The number of nitrogens with two attached hydrogens (primary N) is 1. The maximum absolute atomic E-state index is 11.5. The van der Waals surface area contributed by atoms with Crippen LogP contribution in [0.5, 0.6) is 0 Å². The van der Waals surface area contributed by atoms with Crippen LogP contribution >= 0.6 is 22.6 Å². The van der Waals surface area contributed by atoms with Crippen LogP contribution in [0.2, 0.25) is 0 Å². The summed E-state index contributed by atoms with van der Waals surface area (Å²) in [5.41, 5.74) is 3.94. The van der Waals surface area contributed by atoms with Crippen molar-refractivity contribution < 1.29 is 19.1 Å². The molecule has 0 saturated carbocycles. The van der Waals surface area contributed by atoms with E-state index in [4.69, 9.17) is 10.5 Å². The lowest BCUT2D eigenvalue weighted by molar-refractivity contribution is -0.161. The van der Waals surface area contributed by atoms with Crippen molar-refractivity contribution in [2.24, 2.45) is 5.73 Å². The van der Waals surface area contributed by atoms with E-state index in [9.17, 15) is 9.59 Å². The second-order valence-corrected chi connectivity index (χ2v) is 3.85. The molecule has 0 fully saturated rings. The summed E-state index contributed by atoms with van der Waals surface area (Å²) >= 11 is 1.85. The third-order valence-corrected chi connectivity index (χ3v) is 3.06. The van der Waals surface area contributed by atoms with Crippen LogP contribution in [0.15, 0.2) is 0 Å². The zero-order valence-corrected chi connectivity index (χ0v) is 11.1. The predicted molar refractivity (Wildman–Crippen MR) is 63.7 cm³/mol. The number of carbonyl (C=O) groups is 2. The second kappa shape index (κ2) is 7.00. The van der Waals surface area contributed by atoms with Gasteiger partial charge in [-0.25, -0.2) is 9.59 Å². The third kappa shape index (κ3) is 3.94. The number of esters is 2. The molecule has 0 aromatic carbocycles. The fourth-order valence-electron chi connectivity index (χ4n) is 0.813. The van der Waals surface area contributed by atoms with Crippen molar-refractivity contribution in [3.63, 3.8) is 0 Å². The van der Waals surface area contributed by atoms with Crippen molar-refractivity contribution in [3.8, 4) is 0 Å². The average Bonchev–Trinajstić information content (AvgIpc) is 2.26. The van der Waals surface area contributed by atoms with Crippen LogP contribution in [0.25, 0.3) is 0 Å². The molecule has 1 atom stereocenters. The summed E-state index contributed by atoms with van der Waals surface area (Å²) in [6, 6.07) is 0. The Hall–Kier alpha value is -0.370. The number of rotatable bonds is 6. The largest absolute Gasteiger partial charge is 0.467 e. The Morgan fingerprint density at radius 1 is 1.40 bits per heavy atom. The van der Waals surface area contributed by atoms with E-state index in [0.717, 1.165) is 12.8 Å². The number of unbranched alkanes of at least 4 members (excludes halogenated alkanes) is 1. The average molecular weight is 329 g/mol. The number of hydrogen-bond donors (Lipinski definition) is 1. The molecule has 0 saturated heterocycles. The molecule has 6 heteroatoms. The Morgan fingerprint density at radius 2 is 2.00 bits per heavy atom. The summed E-state index contributed by atoms with van der Waals surface area (Å²) in [7, 11) is 1.19. The van der Waals surface area contributed by atoms with Gasteiger partial charge in [0.2, 0.25) is 5.54 Å². The van der Waals surface area contributed by atoms with Crippen molar-refractivity contribution in [1.82, 2.24) is 0 Å². The van der Waals surface area contributed by atoms with Crippen molar-refractivity contribution in [2.45, 2.75) is 25.3 Å². The van der Waals surface area contributed by atoms with Crippen molar-refractivity contribution in [1.29, 1.82) is 0 Å². The fraction of sp³-hybridized carbons (Fsp3) is 0.778. The Morgan fingerprint density at radius 3 is 2.40 bits per heavy atom. The van der Waals surface area contributed by atoms with Gasteiger partial charge in [0.25, 0.3) is 0 Å². The highest BCUT2D eigenvalue weighted by molar-refractivity contribution is 14.1. The lowest BCUT2D eigenvalue weighted by Crippen LogP contribution is -2.57. The SMILES string of the molecule is CCCCOC(=O)C(N)(CI)C(=O)OC. The first-order valence-electron chi connectivity index (χ1n) is 4.63. The number of hydrogen-bond acceptors (Lipinski definition) is 5. The molecule has 5 nitrogen and oxygen atoms in total. The molecule has 88 valence electrons. The van der Waals surface area contributed by atoms with E-state index in [1.807, 2.05) is 29.5 Å². The molecule has 0 aromatic rings. The molecule has 15 heavy (non-hydrogen) atoms. The lowest BCUT2D eigenvalue weighted by Gasteiger charge is -2.21. The van der Waals surface area contributed by atoms with E-state index in [-0.39, 0.29) is 11.0 Å². The van der Waals surface area contributed by atoms with Gasteiger partial charge in [-0.3, -0.25) is 0 Å². The van der Waals surface area contributed by atoms with Crippen LogP contribution in [-0.2, 0) is 19.1 Å². The predicted octanol–water partition coefficient (Wildman–Crippen LogP) is 0.635. The summed E-state index contributed by atoms with van der Waals surface area (Å²) in [6.45, 7) is 2.25. The summed E-state index contributed by atoms with van der Waals surface area (Å²) in [4.78, 5) is 22.8. The topological polar surface area (TPSA) is 78.6 Å². The van der Waals surface area contributed by atoms with E-state index < -0.39 is 17.5 Å². The first-order chi connectivity index (χ1) is 7.02. The summed E-state index contributed by atoms with van der Waals surface area (Å²) in [5.74, 6) is -1.49. The molecule has 0 heterocycles. The fourth-order valence-corrected chi connectivity index (χ4v) is 1.44. The van der Waals surface area contributed by atoms with Crippen LogP contribution < -0.4 is 5.73 Å². The first-order valence-corrected chi connectivity index (χ1v) is 6.16. The van der Waals surface area contributed by atoms with Gasteiger partial charge in [0.15, 0.2) is 0 Å². The Bertz CT molecular complexity index is 234. The molecular formula is C9H16INO4. The van der Waals surface area contributed by atoms with E-state index in [0.29, 0.717) is 0 Å². The lowest BCUT2D eigenvalue weighted by atomic mass is 10.1. The van der Waals surface area contributed by atoms with Crippen LogP contribution in [0.1, 0.15) is 19.8 Å². The second-order valence-electron chi connectivity index (χ2n) is 3.09. The maximum atomic E-state index is 11.5. The minimum atomic E-state index is -1.68. The molecule has 2 N–H and O–H groups in total.